The summed E-state index contributed by atoms with van der Waals surface area (Å²) < 4.78 is 0.987. The lowest BCUT2D eigenvalue weighted by Gasteiger charge is -2.31. The highest BCUT2D eigenvalue weighted by Crippen LogP contribution is 2.33. The molecule has 7 heteroatoms. The van der Waals surface area contributed by atoms with Crippen LogP contribution in [0.5, 0.6) is 0 Å². The second kappa shape index (κ2) is 5.34. The van der Waals surface area contributed by atoms with Crippen molar-refractivity contribution in [1.29, 1.82) is 0 Å². The zero-order valence-corrected chi connectivity index (χ0v) is 11.8. The van der Waals surface area contributed by atoms with Crippen LogP contribution in [0.4, 0.5) is 10.8 Å². The molecule has 3 rings (SSSR count). The normalized spacial score (nSPS) is 19.4. The van der Waals surface area contributed by atoms with Crippen molar-refractivity contribution in [2.45, 2.75) is 12.8 Å². The fourth-order valence-corrected chi connectivity index (χ4v) is 3.56. The predicted octanol–water partition coefficient (Wildman–Crippen LogP) is 2.38. The highest BCUT2D eigenvalue weighted by molar-refractivity contribution is 7.22. The molecule has 1 aromatic heterocycles. The van der Waals surface area contributed by atoms with Gasteiger partial charge in [0.2, 0.25) is 0 Å². The molecule has 1 saturated heterocycles. The predicted molar refractivity (Wildman–Crippen MR) is 80.3 cm³/mol. The van der Waals surface area contributed by atoms with Gasteiger partial charge in [0, 0.05) is 25.2 Å². The standard InChI is InChI=1S/C13H16N4O2S/c14-7-9-2-1-5-16(8-9)13-15-11-6-10(17(18)19)3-4-12(11)20-13/h3-4,6,9H,1-2,5,7-8,14H2/t9-/m0/s1. The Labute approximate surface area is 120 Å². The Kier molecular flexibility index (Phi) is 3.54. The molecule has 0 unspecified atom stereocenters. The van der Waals surface area contributed by atoms with Gasteiger partial charge in [-0.2, -0.15) is 0 Å². The van der Waals surface area contributed by atoms with Crippen LogP contribution in [0.3, 0.4) is 0 Å². The van der Waals surface area contributed by atoms with Gasteiger partial charge < -0.3 is 10.6 Å². The number of benzene rings is 1. The summed E-state index contributed by atoms with van der Waals surface area (Å²) in [5.74, 6) is 0.519. The van der Waals surface area contributed by atoms with Gasteiger partial charge in [-0.05, 0) is 31.4 Å². The van der Waals surface area contributed by atoms with E-state index in [-0.39, 0.29) is 10.6 Å². The molecule has 0 spiro atoms. The number of nitro groups is 1. The van der Waals surface area contributed by atoms with E-state index in [1.165, 1.54) is 12.5 Å². The molecular formula is C13H16N4O2S. The molecule has 2 heterocycles. The van der Waals surface area contributed by atoms with E-state index >= 15 is 0 Å². The van der Waals surface area contributed by atoms with Gasteiger partial charge in [0.25, 0.3) is 5.69 Å². The Morgan fingerprint density at radius 2 is 2.40 bits per heavy atom. The molecule has 0 aliphatic carbocycles. The summed E-state index contributed by atoms with van der Waals surface area (Å²) in [5.41, 5.74) is 6.55. The number of hydrogen-bond acceptors (Lipinski definition) is 6. The van der Waals surface area contributed by atoms with Crippen LogP contribution in [0.1, 0.15) is 12.8 Å². The maximum atomic E-state index is 10.8. The third kappa shape index (κ3) is 2.46. The third-order valence-electron chi connectivity index (χ3n) is 3.69. The first-order valence-electron chi connectivity index (χ1n) is 6.67. The average molecular weight is 292 g/mol. The Bertz CT molecular complexity index is 642. The van der Waals surface area contributed by atoms with Gasteiger partial charge in [-0.25, -0.2) is 4.98 Å². The Balaban J connectivity index is 1.90. The maximum absolute atomic E-state index is 10.8. The van der Waals surface area contributed by atoms with Crippen molar-refractivity contribution in [3.8, 4) is 0 Å². The Morgan fingerprint density at radius 1 is 1.55 bits per heavy atom. The summed E-state index contributed by atoms with van der Waals surface area (Å²) in [6.07, 6.45) is 2.29. The largest absolute Gasteiger partial charge is 0.348 e. The molecule has 1 aliphatic rings. The van der Waals surface area contributed by atoms with E-state index in [9.17, 15) is 10.1 Å². The van der Waals surface area contributed by atoms with Crippen LogP contribution in [0.15, 0.2) is 18.2 Å². The summed E-state index contributed by atoms with van der Waals surface area (Å²) in [6.45, 7) is 2.61. The third-order valence-corrected chi connectivity index (χ3v) is 4.79. The summed E-state index contributed by atoms with van der Waals surface area (Å²) in [6, 6.07) is 4.85. The molecule has 1 atom stereocenters. The molecule has 2 aromatic rings. The molecule has 2 N–H and O–H groups in total. The van der Waals surface area contributed by atoms with E-state index in [1.807, 2.05) is 0 Å². The van der Waals surface area contributed by atoms with Crippen molar-refractivity contribution >= 4 is 32.4 Å². The maximum Gasteiger partial charge on any atom is 0.271 e. The lowest BCUT2D eigenvalue weighted by molar-refractivity contribution is -0.384. The molecule has 6 nitrogen and oxygen atoms in total. The number of nitrogens with two attached hydrogens (primary N) is 1. The first-order valence-corrected chi connectivity index (χ1v) is 7.49. The number of rotatable bonds is 3. The monoisotopic (exact) mass is 292 g/mol. The van der Waals surface area contributed by atoms with Gasteiger partial charge in [-0.3, -0.25) is 10.1 Å². The summed E-state index contributed by atoms with van der Waals surface area (Å²) in [4.78, 5) is 17.2. The van der Waals surface area contributed by atoms with Crippen molar-refractivity contribution in [1.82, 2.24) is 4.98 Å². The van der Waals surface area contributed by atoms with Gasteiger partial charge in [-0.15, -0.1) is 0 Å². The minimum Gasteiger partial charge on any atom is -0.348 e. The van der Waals surface area contributed by atoms with Crippen molar-refractivity contribution in [3.63, 3.8) is 0 Å². The fraction of sp³-hybridized carbons (Fsp3) is 0.462. The SMILES string of the molecule is NC[C@@H]1CCCN(c2nc3cc([N+](=O)[O-])ccc3s2)C1. The van der Waals surface area contributed by atoms with Crippen LogP contribution in [0, 0.1) is 16.0 Å². The molecular weight excluding hydrogens is 276 g/mol. The number of anilines is 1. The van der Waals surface area contributed by atoms with Crippen molar-refractivity contribution in [2.24, 2.45) is 11.7 Å². The van der Waals surface area contributed by atoms with Crippen LogP contribution in [-0.2, 0) is 0 Å². The van der Waals surface area contributed by atoms with E-state index in [4.69, 9.17) is 5.73 Å². The number of nitro benzene ring substituents is 1. The van der Waals surface area contributed by atoms with Crippen LogP contribution >= 0.6 is 11.3 Å². The van der Waals surface area contributed by atoms with E-state index < -0.39 is 0 Å². The summed E-state index contributed by atoms with van der Waals surface area (Å²) in [7, 11) is 0. The molecule has 0 saturated carbocycles. The smallest absolute Gasteiger partial charge is 0.271 e. The number of hydrogen-bond donors (Lipinski definition) is 1. The average Bonchev–Trinajstić information content (AvgIpc) is 2.90. The first-order chi connectivity index (χ1) is 9.67. The van der Waals surface area contributed by atoms with E-state index in [1.54, 1.807) is 23.5 Å². The van der Waals surface area contributed by atoms with Crippen LogP contribution < -0.4 is 10.6 Å². The zero-order valence-electron chi connectivity index (χ0n) is 11.0. The van der Waals surface area contributed by atoms with E-state index in [0.717, 1.165) is 29.3 Å². The lowest BCUT2D eigenvalue weighted by atomic mass is 9.99. The molecule has 0 amide bonds. The van der Waals surface area contributed by atoms with Gasteiger partial charge >= 0.3 is 0 Å². The highest BCUT2D eigenvalue weighted by atomic mass is 32.1. The number of non-ortho nitro benzene ring substituents is 1. The number of fused-ring (bicyclic) bond motifs is 1. The van der Waals surface area contributed by atoms with Gasteiger partial charge in [-0.1, -0.05) is 11.3 Å². The minimum absolute atomic E-state index is 0.0906. The second-order valence-electron chi connectivity index (χ2n) is 5.10. The van der Waals surface area contributed by atoms with E-state index in [2.05, 4.69) is 9.88 Å². The molecule has 0 bridgehead atoms. The zero-order chi connectivity index (χ0) is 14.1. The molecule has 1 aromatic carbocycles. The Hall–Kier alpha value is -1.73. The van der Waals surface area contributed by atoms with Crippen molar-refractivity contribution in [2.75, 3.05) is 24.5 Å². The van der Waals surface area contributed by atoms with Crippen LogP contribution in [-0.4, -0.2) is 29.5 Å². The molecule has 106 valence electrons. The topological polar surface area (TPSA) is 85.3 Å². The number of nitrogens with zero attached hydrogens (tertiary/aromatic N) is 3. The molecule has 0 radical (unpaired) electrons. The Morgan fingerprint density at radius 3 is 3.15 bits per heavy atom. The number of aromatic nitrogens is 1. The van der Waals surface area contributed by atoms with E-state index in [0.29, 0.717) is 18.0 Å². The molecule has 20 heavy (non-hydrogen) atoms. The summed E-state index contributed by atoms with van der Waals surface area (Å²) >= 11 is 1.59. The quantitative estimate of drug-likeness (QED) is 0.693. The minimum atomic E-state index is -0.385. The lowest BCUT2D eigenvalue weighted by Crippen LogP contribution is -2.38. The highest BCUT2D eigenvalue weighted by Gasteiger charge is 2.21. The summed E-state index contributed by atoms with van der Waals surface area (Å²) in [5, 5.41) is 11.7. The van der Waals surface area contributed by atoms with Crippen LogP contribution in [0.25, 0.3) is 10.2 Å². The number of thiazole rings is 1. The fourth-order valence-electron chi connectivity index (χ4n) is 2.58. The van der Waals surface area contributed by atoms with Gasteiger partial charge in [0.15, 0.2) is 5.13 Å². The van der Waals surface area contributed by atoms with Crippen molar-refractivity contribution in [3.05, 3.63) is 28.3 Å². The van der Waals surface area contributed by atoms with Gasteiger partial charge in [0.05, 0.1) is 15.1 Å². The molecule has 1 aliphatic heterocycles. The van der Waals surface area contributed by atoms with Gasteiger partial charge in [0.1, 0.15) is 0 Å². The first kappa shape index (κ1) is 13.3. The number of piperidine rings is 1. The van der Waals surface area contributed by atoms with Crippen LogP contribution in [0.2, 0.25) is 0 Å². The second-order valence-corrected chi connectivity index (χ2v) is 6.10. The van der Waals surface area contributed by atoms with Crippen molar-refractivity contribution < 1.29 is 4.92 Å². The molecule has 1 fully saturated rings.